The van der Waals surface area contributed by atoms with E-state index in [0.29, 0.717) is 0 Å². The van der Waals surface area contributed by atoms with Crippen molar-refractivity contribution >= 4 is 29.0 Å². The van der Waals surface area contributed by atoms with E-state index >= 15 is 0 Å². The SMILES string of the molecule is CC1=C(C)C(C)([SiH](C)C)[C]([Zr][C]2=C(CNc3ccccc3)C(C)=C(C)C2(C)[SiH](C)C)=C1CNc1ccccc1. The van der Waals surface area contributed by atoms with E-state index in [-0.39, 0.29) is 10.1 Å². The minimum atomic E-state index is -1.08. The molecule has 2 aliphatic carbocycles. The topological polar surface area (TPSA) is 24.1 Å². The van der Waals surface area contributed by atoms with Gasteiger partial charge in [0.15, 0.2) is 0 Å². The van der Waals surface area contributed by atoms with E-state index in [1.54, 1.807) is 33.4 Å². The average molecular weight is 632 g/mol. The second-order valence-corrected chi connectivity index (χ2v) is 22.5. The Kier molecular flexibility index (Phi) is 9.35. The van der Waals surface area contributed by atoms with Gasteiger partial charge in [0.1, 0.15) is 0 Å². The van der Waals surface area contributed by atoms with Gasteiger partial charge < -0.3 is 0 Å². The summed E-state index contributed by atoms with van der Waals surface area (Å²) in [5.41, 5.74) is 12.1. The summed E-state index contributed by atoms with van der Waals surface area (Å²) in [4.78, 5) is 0. The molecule has 0 aliphatic heterocycles. The van der Waals surface area contributed by atoms with Gasteiger partial charge in [-0.3, -0.25) is 0 Å². The number of anilines is 2. The molecule has 0 amide bonds. The van der Waals surface area contributed by atoms with E-state index < -0.39 is 40.8 Å². The summed E-state index contributed by atoms with van der Waals surface area (Å²) in [5.74, 6) is 0. The molecule has 0 saturated heterocycles. The molecule has 2 nitrogen and oxygen atoms in total. The Balaban J connectivity index is 1.82. The van der Waals surface area contributed by atoms with Crippen molar-refractivity contribution in [1.29, 1.82) is 0 Å². The molecular weight excluding hydrogens is 584 g/mol. The fourth-order valence-electron chi connectivity index (χ4n) is 6.52. The van der Waals surface area contributed by atoms with Crippen molar-refractivity contribution < 1.29 is 23.2 Å². The molecule has 39 heavy (non-hydrogen) atoms. The molecule has 0 bridgehead atoms. The maximum atomic E-state index is 3.81. The normalized spacial score (nSPS) is 23.6. The van der Waals surface area contributed by atoms with Crippen LogP contribution in [0.25, 0.3) is 0 Å². The summed E-state index contributed by atoms with van der Waals surface area (Å²) in [6.07, 6.45) is 0. The summed E-state index contributed by atoms with van der Waals surface area (Å²) in [7, 11) is -2.03. The Morgan fingerprint density at radius 2 is 0.923 bits per heavy atom. The van der Waals surface area contributed by atoms with Crippen LogP contribution in [0, 0.1) is 0 Å². The molecule has 206 valence electrons. The molecule has 4 rings (SSSR count). The van der Waals surface area contributed by atoms with Crippen LogP contribution in [0.5, 0.6) is 0 Å². The third-order valence-corrected chi connectivity index (χ3v) is 23.0. The van der Waals surface area contributed by atoms with Crippen LogP contribution in [-0.4, -0.2) is 30.7 Å². The number of hydrogen-bond acceptors (Lipinski definition) is 2. The number of allylic oxidation sites excluding steroid dienone is 4. The van der Waals surface area contributed by atoms with Crippen LogP contribution in [0.3, 0.4) is 0 Å². The molecule has 2 N–H and O–H groups in total. The number of para-hydroxylation sites is 2. The van der Waals surface area contributed by atoms with E-state index in [4.69, 9.17) is 0 Å². The third kappa shape index (κ3) is 5.48. The average Bonchev–Trinajstić information content (AvgIpc) is 3.23. The first-order valence-electron chi connectivity index (χ1n) is 14.6. The summed E-state index contributed by atoms with van der Waals surface area (Å²) in [5, 5.41) is 8.17. The van der Waals surface area contributed by atoms with Crippen molar-refractivity contribution in [3.8, 4) is 0 Å². The van der Waals surface area contributed by atoms with E-state index in [2.05, 4.69) is 139 Å². The Bertz CT molecular complexity index is 1230. The standard InChI is InChI=1S/2C17H24NSi.Zr/c2*1-13-14(2)17(3,19(4)5)11-15(13)12-18-16-9-7-6-8-10-16;/h2*6-10,18-19H,12H2,1-5H3;. The first-order chi connectivity index (χ1) is 18.4. The Hall–Kier alpha value is -1.68. The Morgan fingerprint density at radius 3 is 1.23 bits per heavy atom. The number of nitrogens with one attached hydrogen (secondary N) is 2. The van der Waals surface area contributed by atoms with Gasteiger partial charge in [0.25, 0.3) is 0 Å². The second-order valence-electron chi connectivity index (χ2n) is 12.5. The van der Waals surface area contributed by atoms with Gasteiger partial charge in [-0.2, -0.15) is 0 Å². The first-order valence-corrected chi connectivity index (χ1v) is 22.9. The quantitative estimate of drug-likeness (QED) is 0.256. The van der Waals surface area contributed by atoms with E-state index in [1.165, 1.54) is 11.4 Å². The van der Waals surface area contributed by atoms with E-state index in [0.717, 1.165) is 13.1 Å². The summed E-state index contributed by atoms with van der Waals surface area (Å²) < 4.78 is 3.73. The predicted molar refractivity (Wildman–Crippen MR) is 175 cm³/mol. The Morgan fingerprint density at radius 1 is 0.590 bits per heavy atom. The molecular formula is C34H48N2Si2Zr. The molecule has 0 fully saturated rings. The molecule has 0 saturated carbocycles. The molecule has 2 aliphatic rings. The van der Waals surface area contributed by atoms with Crippen LogP contribution >= 0.6 is 0 Å². The van der Waals surface area contributed by atoms with Gasteiger partial charge in [0.2, 0.25) is 0 Å². The van der Waals surface area contributed by atoms with Crippen LogP contribution in [0.1, 0.15) is 41.5 Å². The molecule has 2 atom stereocenters. The van der Waals surface area contributed by atoms with Crippen molar-refractivity contribution in [2.75, 3.05) is 23.7 Å². The molecule has 0 heterocycles. The first kappa shape index (κ1) is 30.3. The molecule has 2 unspecified atom stereocenters. The third-order valence-electron chi connectivity index (χ3n) is 10.3. The second kappa shape index (κ2) is 12.0. The van der Waals surface area contributed by atoms with Crippen LogP contribution < -0.4 is 10.6 Å². The van der Waals surface area contributed by atoms with Gasteiger partial charge in [-0.15, -0.1) is 0 Å². The van der Waals surface area contributed by atoms with Crippen LogP contribution in [0.15, 0.2) is 101 Å². The summed E-state index contributed by atoms with van der Waals surface area (Å²) >= 11 is -1.08. The maximum absolute atomic E-state index is 3.81. The minimum absolute atomic E-state index is 0.277. The fraction of sp³-hybridized carbons (Fsp3) is 0.412. The van der Waals surface area contributed by atoms with Crippen LogP contribution in [0.4, 0.5) is 11.4 Å². The number of benzene rings is 2. The van der Waals surface area contributed by atoms with Crippen molar-refractivity contribution in [2.45, 2.75) is 77.8 Å². The van der Waals surface area contributed by atoms with Crippen molar-refractivity contribution in [2.24, 2.45) is 0 Å². The van der Waals surface area contributed by atoms with Gasteiger partial charge >= 0.3 is 254 Å². The molecule has 0 radical (unpaired) electrons. The van der Waals surface area contributed by atoms with Crippen LogP contribution in [0.2, 0.25) is 36.3 Å². The molecule has 0 spiro atoms. The van der Waals surface area contributed by atoms with E-state index in [9.17, 15) is 0 Å². The van der Waals surface area contributed by atoms with Crippen LogP contribution in [-0.2, 0) is 23.2 Å². The fourth-order valence-corrected chi connectivity index (χ4v) is 20.2. The monoisotopic (exact) mass is 630 g/mol. The zero-order valence-corrected chi connectivity index (χ0v) is 30.6. The molecule has 5 heteroatoms. The zero-order chi connectivity index (χ0) is 28.5. The van der Waals surface area contributed by atoms with Gasteiger partial charge in [-0.1, -0.05) is 0 Å². The molecule has 0 aromatic heterocycles. The van der Waals surface area contributed by atoms with Gasteiger partial charge in [0.05, 0.1) is 0 Å². The van der Waals surface area contributed by atoms with Crippen molar-refractivity contribution in [3.05, 3.63) is 101 Å². The van der Waals surface area contributed by atoms with Gasteiger partial charge in [0, 0.05) is 0 Å². The number of rotatable bonds is 10. The number of hydrogen-bond donors (Lipinski definition) is 2. The van der Waals surface area contributed by atoms with Crippen molar-refractivity contribution in [3.63, 3.8) is 0 Å². The molecule has 2 aromatic carbocycles. The van der Waals surface area contributed by atoms with E-state index in [1.807, 2.05) is 6.56 Å². The zero-order valence-electron chi connectivity index (χ0n) is 25.8. The van der Waals surface area contributed by atoms with Gasteiger partial charge in [-0.05, 0) is 0 Å². The Labute approximate surface area is 252 Å². The molecule has 2 aromatic rings. The van der Waals surface area contributed by atoms with Gasteiger partial charge in [-0.25, -0.2) is 0 Å². The van der Waals surface area contributed by atoms with Crippen molar-refractivity contribution in [1.82, 2.24) is 0 Å². The summed E-state index contributed by atoms with van der Waals surface area (Å²) in [6.45, 7) is 27.1. The predicted octanol–water partition coefficient (Wildman–Crippen LogP) is 9.00. The summed E-state index contributed by atoms with van der Waals surface area (Å²) in [6, 6.07) is 21.5.